The topological polar surface area (TPSA) is 50.4 Å². The smallest absolute Gasteiger partial charge is 0.222 e. The predicted molar refractivity (Wildman–Crippen MR) is 59.7 cm³/mol. The third-order valence-electron chi connectivity index (χ3n) is 2.53. The summed E-state index contributed by atoms with van der Waals surface area (Å²) in [6.45, 7) is 7.38. The Morgan fingerprint density at radius 2 is 2.40 bits per heavy atom. The fourth-order valence-corrected chi connectivity index (χ4v) is 1.62. The van der Waals surface area contributed by atoms with E-state index in [9.17, 15) is 4.79 Å². The van der Waals surface area contributed by atoms with Gasteiger partial charge in [0.05, 0.1) is 12.7 Å². The van der Waals surface area contributed by atoms with E-state index in [4.69, 9.17) is 4.74 Å². The van der Waals surface area contributed by atoms with E-state index < -0.39 is 0 Å². The second-order valence-corrected chi connectivity index (χ2v) is 4.33. The first kappa shape index (κ1) is 12.5. The average Bonchev–Trinajstić information content (AvgIpc) is 2.66. The zero-order chi connectivity index (χ0) is 11.1. The van der Waals surface area contributed by atoms with Crippen molar-refractivity contribution in [3.63, 3.8) is 0 Å². The highest BCUT2D eigenvalue weighted by atomic mass is 16.5. The lowest BCUT2D eigenvalue weighted by molar-refractivity contribution is -0.122. The van der Waals surface area contributed by atoms with Crippen LogP contribution in [0.1, 0.15) is 26.7 Å². The lowest BCUT2D eigenvalue weighted by atomic mass is 10.1. The number of hydrogen-bond acceptors (Lipinski definition) is 3. The van der Waals surface area contributed by atoms with Gasteiger partial charge in [0.15, 0.2) is 0 Å². The van der Waals surface area contributed by atoms with Crippen LogP contribution in [0.2, 0.25) is 0 Å². The molecule has 0 saturated carbocycles. The minimum absolute atomic E-state index is 0.0996. The first-order valence-corrected chi connectivity index (χ1v) is 5.77. The Labute approximate surface area is 91.8 Å². The molecule has 1 amide bonds. The summed E-state index contributed by atoms with van der Waals surface area (Å²) in [5.74, 6) is 0.711. The number of ether oxygens (including phenoxy) is 1. The Balaban J connectivity index is 1.98. The van der Waals surface area contributed by atoms with Crippen molar-refractivity contribution < 1.29 is 9.53 Å². The maximum absolute atomic E-state index is 11.4. The molecule has 0 aromatic rings. The number of carbonyl (C=O) groups is 1. The number of nitrogens with one attached hydrogen (secondary N) is 2. The van der Waals surface area contributed by atoms with Crippen molar-refractivity contribution in [1.82, 2.24) is 10.6 Å². The van der Waals surface area contributed by atoms with Gasteiger partial charge in [-0.25, -0.2) is 0 Å². The van der Waals surface area contributed by atoms with Gasteiger partial charge in [0.2, 0.25) is 5.91 Å². The maximum atomic E-state index is 11.4. The van der Waals surface area contributed by atoms with Crippen molar-refractivity contribution in [2.45, 2.75) is 32.8 Å². The van der Waals surface area contributed by atoms with Crippen molar-refractivity contribution >= 4 is 5.91 Å². The Bertz CT molecular complexity index is 189. The monoisotopic (exact) mass is 214 g/mol. The molecule has 0 spiro atoms. The Hall–Kier alpha value is -0.610. The molecule has 88 valence electrons. The van der Waals surface area contributed by atoms with Crippen molar-refractivity contribution in [1.29, 1.82) is 0 Å². The molecule has 0 aliphatic carbocycles. The van der Waals surface area contributed by atoms with Crippen LogP contribution in [-0.4, -0.2) is 38.3 Å². The summed E-state index contributed by atoms with van der Waals surface area (Å²) in [5, 5.41) is 6.22. The number of carbonyl (C=O) groups excluding carboxylic acids is 1. The molecular formula is C11H22N2O2. The fourth-order valence-electron chi connectivity index (χ4n) is 1.62. The van der Waals surface area contributed by atoms with Crippen molar-refractivity contribution in [2.75, 3.05) is 26.2 Å². The molecule has 0 bridgehead atoms. The molecule has 1 aliphatic rings. The molecule has 15 heavy (non-hydrogen) atoms. The summed E-state index contributed by atoms with van der Waals surface area (Å²) < 4.78 is 5.31. The van der Waals surface area contributed by atoms with Gasteiger partial charge in [0.1, 0.15) is 0 Å². The molecule has 1 aliphatic heterocycles. The van der Waals surface area contributed by atoms with Gasteiger partial charge in [-0.05, 0) is 39.3 Å². The molecule has 1 atom stereocenters. The van der Waals surface area contributed by atoms with Crippen LogP contribution in [0.25, 0.3) is 0 Å². The predicted octanol–water partition coefficient (Wildman–Crippen LogP) is 0.527. The summed E-state index contributed by atoms with van der Waals surface area (Å²) in [7, 11) is 0. The minimum Gasteiger partial charge on any atom is -0.378 e. The Morgan fingerprint density at radius 3 is 3.00 bits per heavy atom. The molecule has 1 rings (SSSR count). The van der Waals surface area contributed by atoms with Crippen LogP contribution in [0.5, 0.6) is 0 Å². The fraction of sp³-hybridized carbons (Fsp3) is 0.909. The lowest BCUT2D eigenvalue weighted by Crippen LogP contribution is -2.31. The van der Waals surface area contributed by atoms with Crippen LogP contribution in [0.15, 0.2) is 0 Å². The zero-order valence-corrected chi connectivity index (χ0v) is 9.71. The largest absolute Gasteiger partial charge is 0.378 e. The summed E-state index contributed by atoms with van der Waals surface area (Å²) >= 11 is 0. The van der Waals surface area contributed by atoms with E-state index in [1.807, 2.05) is 13.8 Å². The molecule has 0 aromatic heterocycles. The van der Waals surface area contributed by atoms with Gasteiger partial charge in [-0.15, -0.1) is 0 Å². The highest BCUT2D eigenvalue weighted by Gasteiger charge is 2.14. The molecule has 0 aromatic carbocycles. The molecule has 4 nitrogen and oxygen atoms in total. The van der Waals surface area contributed by atoms with Crippen LogP contribution in [-0.2, 0) is 9.53 Å². The summed E-state index contributed by atoms with van der Waals surface area (Å²) in [5.41, 5.74) is 0. The van der Waals surface area contributed by atoms with Gasteiger partial charge in [-0.1, -0.05) is 0 Å². The first-order valence-electron chi connectivity index (χ1n) is 5.77. The van der Waals surface area contributed by atoms with E-state index in [0.717, 1.165) is 19.6 Å². The summed E-state index contributed by atoms with van der Waals surface area (Å²) in [4.78, 5) is 11.4. The average molecular weight is 214 g/mol. The standard InChI is InChI=1S/C11H22N2O2/c1-9(2)15-6-4-11(14)13-8-10-3-5-12-7-10/h9-10,12H,3-8H2,1-2H3,(H,13,14)/t10-/m0/s1. The maximum Gasteiger partial charge on any atom is 0.222 e. The van der Waals surface area contributed by atoms with Crippen molar-refractivity contribution in [3.8, 4) is 0 Å². The number of amides is 1. The van der Waals surface area contributed by atoms with Gasteiger partial charge in [-0.2, -0.15) is 0 Å². The minimum atomic E-state index is 0.0996. The quantitative estimate of drug-likeness (QED) is 0.678. The molecule has 1 heterocycles. The second-order valence-electron chi connectivity index (χ2n) is 4.33. The highest BCUT2D eigenvalue weighted by Crippen LogP contribution is 2.05. The van der Waals surface area contributed by atoms with Gasteiger partial charge < -0.3 is 15.4 Å². The van der Waals surface area contributed by atoms with Gasteiger partial charge in [0.25, 0.3) is 0 Å². The molecule has 0 radical (unpaired) electrons. The molecule has 1 saturated heterocycles. The molecule has 1 fully saturated rings. The molecule has 2 N–H and O–H groups in total. The van der Waals surface area contributed by atoms with E-state index in [2.05, 4.69) is 10.6 Å². The zero-order valence-electron chi connectivity index (χ0n) is 9.71. The van der Waals surface area contributed by atoms with Crippen LogP contribution in [0.3, 0.4) is 0 Å². The van der Waals surface area contributed by atoms with E-state index in [0.29, 0.717) is 18.9 Å². The van der Waals surface area contributed by atoms with Crippen molar-refractivity contribution in [3.05, 3.63) is 0 Å². The van der Waals surface area contributed by atoms with E-state index >= 15 is 0 Å². The van der Waals surface area contributed by atoms with Crippen LogP contribution in [0, 0.1) is 5.92 Å². The molecule has 0 unspecified atom stereocenters. The van der Waals surface area contributed by atoms with E-state index in [1.165, 1.54) is 6.42 Å². The van der Waals surface area contributed by atoms with Gasteiger partial charge >= 0.3 is 0 Å². The Morgan fingerprint density at radius 1 is 1.60 bits per heavy atom. The van der Waals surface area contributed by atoms with Gasteiger partial charge in [0, 0.05) is 13.0 Å². The normalized spacial score (nSPS) is 20.9. The lowest BCUT2D eigenvalue weighted by Gasteiger charge is -2.11. The SMILES string of the molecule is CC(C)OCCC(=O)NC[C@H]1CCNC1. The van der Waals surface area contributed by atoms with Crippen LogP contribution >= 0.6 is 0 Å². The van der Waals surface area contributed by atoms with Crippen molar-refractivity contribution in [2.24, 2.45) is 5.92 Å². The summed E-state index contributed by atoms with van der Waals surface area (Å²) in [6, 6.07) is 0. The van der Waals surface area contributed by atoms with E-state index in [-0.39, 0.29) is 12.0 Å². The van der Waals surface area contributed by atoms with Crippen LogP contribution in [0.4, 0.5) is 0 Å². The van der Waals surface area contributed by atoms with E-state index in [1.54, 1.807) is 0 Å². The van der Waals surface area contributed by atoms with Crippen LogP contribution < -0.4 is 10.6 Å². The summed E-state index contributed by atoms with van der Waals surface area (Å²) in [6.07, 6.45) is 1.85. The third kappa shape index (κ3) is 5.74. The third-order valence-corrected chi connectivity index (χ3v) is 2.53. The first-order chi connectivity index (χ1) is 7.18. The second kappa shape index (κ2) is 6.80. The number of rotatable bonds is 6. The molecular weight excluding hydrogens is 192 g/mol. The van der Waals surface area contributed by atoms with Gasteiger partial charge in [-0.3, -0.25) is 4.79 Å². The number of hydrogen-bond donors (Lipinski definition) is 2. The highest BCUT2D eigenvalue weighted by molar-refractivity contribution is 5.75. The molecule has 4 heteroatoms. The Kier molecular flexibility index (Phi) is 5.65.